The van der Waals surface area contributed by atoms with E-state index in [-0.39, 0.29) is 5.82 Å². The maximum Gasteiger partial charge on any atom is 0.590 e. The minimum atomic E-state index is -0.316. The first-order chi connectivity index (χ1) is 5.33. The third-order valence-electron chi connectivity index (χ3n) is 1.03. The fourth-order valence-corrected chi connectivity index (χ4v) is 0.623. The van der Waals surface area contributed by atoms with Gasteiger partial charge in [-0.3, -0.25) is 4.21 Å². The first-order valence-corrected chi connectivity index (χ1v) is 3.15. The first-order valence-electron chi connectivity index (χ1n) is 2.84. The zero-order valence-corrected chi connectivity index (χ0v) is 6.22. The largest absolute Gasteiger partial charge is 0.590 e. The molecule has 0 aliphatic heterocycles. The predicted molar refractivity (Wildman–Crippen MR) is 39.7 cm³/mol. The molecule has 57 valence electrons. The lowest BCUT2D eigenvalue weighted by molar-refractivity contribution is 0.482. The van der Waals surface area contributed by atoms with E-state index < -0.39 is 0 Å². The van der Waals surface area contributed by atoms with Crippen molar-refractivity contribution in [2.75, 3.05) is 0 Å². The summed E-state index contributed by atoms with van der Waals surface area (Å²) >= 11 is 4.83. The third kappa shape index (κ3) is 2.78. The summed E-state index contributed by atoms with van der Waals surface area (Å²) in [7, 11) is 0.939. The van der Waals surface area contributed by atoms with Crippen molar-refractivity contribution < 1.29 is 13.3 Å². The number of hydrogen-bond acceptors (Lipinski definition) is 2. The van der Waals surface area contributed by atoms with Crippen molar-refractivity contribution in [3.63, 3.8) is 0 Å². The van der Waals surface area contributed by atoms with Gasteiger partial charge in [0.15, 0.2) is 0 Å². The van der Waals surface area contributed by atoms with E-state index in [1.165, 1.54) is 24.3 Å². The van der Waals surface area contributed by atoms with Crippen molar-refractivity contribution in [1.29, 1.82) is 0 Å². The van der Waals surface area contributed by atoms with E-state index in [2.05, 4.69) is 4.21 Å². The van der Waals surface area contributed by atoms with Gasteiger partial charge in [0, 0.05) is 11.9 Å². The molecule has 0 atom stereocenters. The Kier molecular flexibility index (Phi) is 3.20. The minimum absolute atomic E-state index is 0.316. The molecule has 0 saturated heterocycles. The lowest BCUT2D eigenvalue weighted by atomic mass is 10.3. The van der Waals surface area contributed by atoms with Crippen LogP contribution in [0.1, 0.15) is 0 Å². The zero-order chi connectivity index (χ0) is 8.10. The van der Waals surface area contributed by atoms with Crippen LogP contribution in [0.3, 0.4) is 0 Å². The molecule has 1 aromatic carbocycles. The van der Waals surface area contributed by atoms with E-state index in [1.807, 2.05) is 0 Å². The molecule has 11 heavy (non-hydrogen) atoms. The maximum atomic E-state index is 12.3. The SMILES string of the molecule is Fc1ccc(O[B]OCl)cc1. The van der Waals surface area contributed by atoms with Crippen molar-refractivity contribution in [2.45, 2.75) is 0 Å². The van der Waals surface area contributed by atoms with E-state index in [0.29, 0.717) is 5.75 Å². The molecule has 0 bridgehead atoms. The highest BCUT2D eigenvalue weighted by Gasteiger charge is 1.96. The molecule has 1 radical (unpaired) electrons. The Balaban J connectivity index is 2.52. The molecule has 5 heteroatoms. The maximum absolute atomic E-state index is 12.3. The standard InChI is InChI=1S/C6H4BClFO2/c8-11-7-10-6-3-1-5(9)2-4-6/h1-4H. The molecule has 0 unspecified atom stereocenters. The van der Waals surface area contributed by atoms with Crippen LogP contribution in [-0.4, -0.2) is 7.69 Å². The number of halogens is 2. The van der Waals surface area contributed by atoms with Crippen LogP contribution in [0.15, 0.2) is 24.3 Å². The quantitative estimate of drug-likeness (QED) is 0.650. The average molecular weight is 173 g/mol. The minimum Gasteiger partial charge on any atom is -0.537 e. The van der Waals surface area contributed by atoms with Crippen molar-refractivity contribution in [3.05, 3.63) is 30.1 Å². The second kappa shape index (κ2) is 4.21. The molecular formula is C6H4BClFO2. The summed E-state index contributed by atoms with van der Waals surface area (Å²) in [5, 5.41) is 0. The molecule has 0 aromatic heterocycles. The summed E-state index contributed by atoms with van der Waals surface area (Å²) in [6.45, 7) is 0. The highest BCUT2D eigenvalue weighted by Crippen LogP contribution is 2.10. The van der Waals surface area contributed by atoms with Gasteiger partial charge in [-0.15, -0.1) is 0 Å². The van der Waals surface area contributed by atoms with E-state index in [4.69, 9.17) is 16.5 Å². The molecule has 0 fully saturated rings. The Hall–Kier alpha value is -0.735. The monoisotopic (exact) mass is 173 g/mol. The van der Waals surface area contributed by atoms with Crippen molar-refractivity contribution in [2.24, 2.45) is 0 Å². The third-order valence-corrected chi connectivity index (χ3v) is 1.11. The van der Waals surface area contributed by atoms with Crippen LogP contribution in [0.2, 0.25) is 0 Å². The van der Waals surface area contributed by atoms with E-state index in [1.54, 1.807) is 0 Å². The van der Waals surface area contributed by atoms with Crippen LogP contribution in [0.25, 0.3) is 0 Å². The van der Waals surface area contributed by atoms with Gasteiger partial charge in [-0.2, -0.15) is 0 Å². The summed E-state index contributed by atoms with van der Waals surface area (Å²) < 4.78 is 21.1. The zero-order valence-electron chi connectivity index (χ0n) is 5.46. The Morgan fingerprint density at radius 1 is 1.27 bits per heavy atom. The first kappa shape index (κ1) is 8.36. The number of hydrogen-bond donors (Lipinski definition) is 0. The van der Waals surface area contributed by atoms with Crippen molar-refractivity contribution in [1.82, 2.24) is 0 Å². The highest BCUT2D eigenvalue weighted by atomic mass is 35.5. The normalized spacial score (nSPS) is 9.27. The van der Waals surface area contributed by atoms with E-state index in [9.17, 15) is 4.39 Å². The van der Waals surface area contributed by atoms with Gasteiger partial charge in [0.2, 0.25) is 0 Å². The molecule has 1 rings (SSSR count). The van der Waals surface area contributed by atoms with Crippen LogP contribution >= 0.6 is 11.9 Å². The predicted octanol–water partition coefficient (Wildman–Crippen LogP) is 1.91. The second-order valence-electron chi connectivity index (χ2n) is 1.76. The number of benzene rings is 1. The average Bonchev–Trinajstić information content (AvgIpc) is 2.04. The Bertz CT molecular complexity index is 216. The fourth-order valence-electron chi connectivity index (χ4n) is 0.587. The molecule has 0 heterocycles. The smallest absolute Gasteiger partial charge is 0.537 e. The van der Waals surface area contributed by atoms with Crippen LogP contribution in [-0.2, 0) is 4.21 Å². The van der Waals surface area contributed by atoms with Crippen LogP contribution < -0.4 is 4.65 Å². The molecule has 0 aliphatic carbocycles. The van der Waals surface area contributed by atoms with E-state index in [0.717, 1.165) is 7.69 Å². The van der Waals surface area contributed by atoms with Crippen molar-refractivity contribution >= 4 is 19.6 Å². The lowest BCUT2D eigenvalue weighted by Gasteiger charge is -1.99. The van der Waals surface area contributed by atoms with Gasteiger partial charge in [-0.05, 0) is 24.3 Å². The highest BCUT2D eigenvalue weighted by molar-refractivity contribution is 6.31. The molecule has 0 amide bonds. The van der Waals surface area contributed by atoms with Gasteiger partial charge >= 0.3 is 7.69 Å². The topological polar surface area (TPSA) is 18.5 Å². The molecule has 0 spiro atoms. The molecule has 1 aromatic rings. The van der Waals surface area contributed by atoms with Crippen LogP contribution in [0.4, 0.5) is 4.39 Å². The van der Waals surface area contributed by atoms with E-state index >= 15 is 0 Å². The summed E-state index contributed by atoms with van der Waals surface area (Å²) in [5.74, 6) is 0.149. The molecule has 0 aliphatic rings. The lowest BCUT2D eigenvalue weighted by Crippen LogP contribution is -2.00. The van der Waals surface area contributed by atoms with Gasteiger partial charge in [0.05, 0.1) is 0 Å². The summed E-state index contributed by atoms with van der Waals surface area (Å²) in [4.78, 5) is 0. The van der Waals surface area contributed by atoms with Crippen LogP contribution in [0.5, 0.6) is 5.75 Å². The fraction of sp³-hybridized carbons (Fsp3) is 0. The van der Waals surface area contributed by atoms with Gasteiger partial charge in [-0.25, -0.2) is 4.39 Å². The molecule has 0 saturated carbocycles. The molecular weight excluding hydrogens is 169 g/mol. The summed E-state index contributed by atoms with van der Waals surface area (Å²) in [5.41, 5.74) is 0. The number of rotatable bonds is 3. The van der Waals surface area contributed by atoms with Crippen molar-refractivity contribution in [3.8, 4) is 5.75 Å². The second-order valence-corrected chi connectivity index (χ2v) is 1.94. The van der Waals surface area contributed by atoms with Gasteiger partial charge < -0.3 is 4.65 Å². The van der Waals surface area contributed by atoms with Gasteiger partial charge in [0.25, 0.3) is 0 Å². The summed E-state index contributed by atoms with van der Waals surface area (Å²) in [6.07, 6.45) is 0. The van der Waals surface area contributed by atoms with Crippen LogP contribution in [0, 0.1) is 5.82 Å². The summed E-state index contributed by atoms with van der Waals surface area (Å²) in [6, 6.07) is 5.47. The van der Waals surface area contributed by atoms with Gasteiger partial charge in [0.1, 0.15) is 11.6 Å². The molecule has 2 nitrogen and oxygen atoms in total. The Labute approximate surface area is 69.4 Å². The molecule has 0 N–H and O–H groups in total. The Morgan fingerprint density at radius 3 is 2.45 bits per heavy atom. The van der Waals surface area contributed by atoms with Gasteiger partial charge in [-0.1, -0.05) is 0 Å². The Morgan fingerprint density at radius 2 is 1.91 bits per heavy atom.